The third kappa shape index (κ3) is 4.55. The molecule has 2 aromatic heterocycles. The Morgan fingerprint density at radius 3 is 2.79 bits per heavy atom. The number of hydrogen-bond acceptors (Lipinski definition) is 9. The number of esters is 1. The van der Waals surface area contributed by atoms with Crippen LogP contribution in [-0.2, 0) is 16.1 Å². The highest BCUT2D eigenvalue weighted by atomic mass is 19.1. The molecule has 0 amide bonds. The van der Waals surface area contributed by atoms with Crippen LogP contribution in [0.1, 0.15) is 11.3 Å². The molecule has 0 bridgehead atoms. The van der Waals surface area contributed by atoms with E-state index in [4.69, 9.17) is 20.9 Å². The van der Waals surface area contributed by atoms with Crippen molar-refractivity contribution in [3.05, 3.63) is 65.8 Å². The van der Waals surface area contributed by atoms with Crippen molar-refractivity contribution in [3.8, 4) is 0 Å². The lowest BCUT2D eigenvalue weighted by molar-refractivity contribution is -0.147. The maximum Gasteiger partial charge on any atom is 0.324 e. The lowest BCUT2D eigenvalue weighted by Gasteiger charge is -2.40. The van der Waals surface area contributed by atoms with Crippen LogP contribution in [0.5, 0.6) is 0 Å². The van der Waals surface area contributed by atoms with Crippen LogP contribution >= 0.6 is 0 Å². The lowest BCUT2D eigenvalue weighted by atomic mass is 10.1. The Balaban J connectivity index is 1.69. The number of ether oxygens (including phenoxy) is 1. The van der Waals surface area contributed by atoms with Crippen molar-refractivity contribution < 1.29 is 18.3 Å². The molecule has 1 aromatic carbocycles. The van der Waals surface area contributed by atoms with Gasteiger partial charge in [-0.15, -0.1) is 0 Å². The van der Waals surface area contributed by atoms with E-state index in [1.807, 2.05) is 4.90 Å². The van der Waals surface area contributed by atoms with Gasteiger partial charge in [-0.3, -0.25) is 14.7 Å². The molecule has 1 fully saturated rings. The highest BCUT2D eigenvalue weighted by Gasteiger charge is 2.35. The predicted octanol–water partition coefficient (Wildman–Crippen LogP) is 2.12. The highest BCUT2D eigenvalue weighted by Crippen LogP contribution is 2.28. The summed E-state index contributed by atoms with van der Waals surface area (Å²) in [5, 5.41) is 7.73. The van der Waals surface area contributed by atoms with E-state index in [-0.39, 0.29) is 18.7 Å². The van der Waals surface area contributed by atoms with Crippen LogP contribution in [0.25, 0.3) is 16.6 Å². The number of hydrogen-bond donors (Lipinski definition) is 2. The predicted molar refractivity (Wildman–Crippen MR) is 123 cm³/mol. The maximum atomic E-state index is 14.3. The normalized spacial score (nSPS) is 17.1. The molecule has 0 aliphatic carbocycles. The number of carbonyl (C=O) groups excluding carboxylic acids is 1. The number of nitrogens with zero attached hydrogens (tertiary/aromatic N) is 5. The molecule has 34 heavy (non-hydrogen) atoms. The van der Waals surface area contributed by atoms with Gasteiger partial charge in [0.25, 0.3) is 0 Å². The molecule has 3 aromatic rings. The van der Waals surface area contributed by atoms with Gasteiger partial charge in [-0.05, 0) is 12.1 Å². The lowest BCUT2D eigenvalue weighted by Crippen LogP contribution is -2.56. The van der Waals surface area contributed by atoms with Gasteiger partial charge in [0, 0.05) is 62.0 Å². The van der Waals surface area contributed by atoms with Crippen molar-refractivity contribution in [2.45, 2.75) is 12.6 Å². The largest absolute Gasteiger partial charge is 0.468 e. The van der Waals surface area contributed by atoms with Crippen LogP contribution in [-0.4, -0.2) is 64.8 Å². The molecule has 9 nitrogen and oxygen atoms in total. The van der Waals surface area contributed by atoms with Crippen molar-refractivity contribution >= 4 is 34.6 Å². The molecule has 3 N–H and O–H groups in total. The van der Waals surface area contributed by atoms with Gasteiger partial charge in [0.2, 0.25) is 0 Å². The summed E-state index contributed by atoms with van der Waals surface area (Å²) in [5.41, 5.74) is 7.89. The van der Waals surface area contributed by atoms with Gasteiger partial charge in [-0.1, -0.05) is 6.07 Å². The summed E-state index contributed by atoms with van der Waals surface area (Å²) >= 11 is 0. The van der Waals surface area contributed by atoms with Crippen molar-refractivity contribution in [2.24, 2.45) is 5.73 Å². The number of aromatic nitrogens is 3. The third-order valence-electron chi connectivity index (χ3n) is 5.71. The molecule has 1 unspecified atom stereocenters. The van der Waals surface area contributed by atoms with E-state index in [0.717, 1.165) is 12.3 Å². The molecule has 1 aliphatic heterocycles. The van der Waals surface area contributed by atoms with Gasteiger partial charge in [0.05, 0.1) is 18.8 Å². The van der Waals surface area contributed by atoms with Crippen molar-refractivity contribution in [1.29, 1.82) is 5.41 Å². The number of allylic oxidation sites excluding steroid dienone is 1. The minimum atomic E-state index is -0.740. The van der Waals surface area contributed by atoms with E-state index in [1.165, 1.54) is 25.4 Å². The fourth-order valence-electron chi connectivity index (χ4n) is 3.94. The van der Waals surface area contributed by atoms with E-state index in [0.29, 0.717) is 41.2 Å². The number of rotatable bonds is 6. The minimum Gasteiger partial charge on any atom is -0.468 e. The molecule has 1 aliphatic rings. The third-order valence-corrected chi connectivity index (χ3v) is 5.71. The fourth-order valence-corrected chi connectivity index (χ4v) is 3.94. The van der Waals surface area contributed by atoms with Crippen LogP contribution in [0, 0.1) is 17.0 Å². The number of carbonyl (C=O) groups is 1. The summed E-state index contributed by atoms with van der Waals surface area (Å²) in [6, 6.07) is 4.36. The zero-order valence-corrected chi connectivity index (χ0v) is 18.4. The van der Waals surface area contributed by atoms with Crippen molar-refractivity contribution in [2.75, 3.05) is 31.6 Å². The molecule has 0 radical (unpaired) electrons. The summed E-state index contributed by atoms with van der Waals surface area (Å²) in [6.07, 6.45) is 5.53. The summed E-state index contributed by atoms with van der Waals surface area (Å²) < 4.78 is 32.6. The Morgan fingerprint density at radius 2 is 2.09 bits per heavy atom. The van der Waals surface area contributed by atoms with E-state index in [1.54, 1.807) is 23.4 Å². The Bertz CT molecular complexity index is 1270. The second-order valence-electron chi connectivity index (χ2n) is 7.72. The first kappa shape index (κ1) is 23.2. The van der Waals surface area contributed by atoms with E-state index >= 15 is 0 Å². The number of methoxy groups -OCH3 is 1. The van der Waals surface area contributed by atoms with Gasteiger partial charge in [0.1, 0.15) is 28.9 Å². The van der Waals surface area contributed by atoms with Crippen molar-refractivity contribution in [3.63, 3.8) is 0 Å². The van der Waals surface area contributed by atoms with Gasteiger partial charge >= 0.3 is 5.97 Å². The molecule has 0 saturated carbocycles. The van der Waals surface area contributed by atoms with Crippen molar-refractivity contribution in [1.82, 2.24) is 19.9 Å². The number of nitrogens with two attached hydrogens (primary N) is 1. The van der Waals surface area contributed by atoms with Crippen LogP contribution in [0.2, 0.25) is 0 Å². The summed E-state index contributed by atoms with van der Waals surface area (Å²) in [6.45, 7) is 1.10. The number of anilines is 1. The molecular formula is C23H23F2N7O2. The minimum absolute atomic E-state index is 0.107. The van der Waals surface area contributed by atoms with Crippen LogP contribution in [0.3, 0.4) is 0 Å². The molecule has 176 valence electrons. The van der Waals surface area contributed by atoms with E-state index in [2.05, 4.69) is 9.97 Å². The van der Waals surface area contributed by atoms with Gasteiger partial charge < -0.3 is 20.8 Å². The summed E-state index contributed by atoms with van der Waals surface area (Å²) in [5.74, 6) is -1.37. The second kappa shape index (κ2) is 9.87. The zero-order valence-electron chi connectivity index (χ0n) is 18.4. The number of nitrogens with one attached hydrogen (secondary N) is 1. The highest BCUT2D eigenvalue weighted by molar-refractivity contribution is 6.09. The standard InChI is InChI=1S/C23H23F2N7O2/c1-34-23(33)20-13-32(7-6-31(20)12-14-2-3-16(24)8-17(14)25)22-21(15(9-26)10-27)29-19-11-28-5-4-18(19)30-22/h2-5,8-11,20,26H,6-7,12-13,27H2,1H3/b15-10+,26-9?. The number of fused-ring (bicyclic) bond motifs is 1. The Morgan fingerprint density at radius 1 is 1.26 bits per heavy atom. The molecule has 1 saturated heterocycles. The number of pyridine rings is 1. The number of benzene rings is 1. The van der Waals surface area contributed by atoms with Gasteiger partial charge in [-0.25, -0.2) is 18.7 Å². The average Bonchev–Trinajstić information content (AvgIpc) is 2.85. The second-order valence-corrected chi connectivity index (χ2v) is 7.72. The molecule has 0 spiro atoms. The zero-order chi connectivity index (χ0) is 24.2. The average molecular weight is 467 g/mol. The Labute approximate surface area is 194 Å². The molecule has 11 heteroatoms. The molecule has 4 rings (SSSR count). The number of halogens is 2. The van der Waals surface area contributed by atoms with Gasteiger partial charge in [-0.2, -0.15) is 0 Å². The van der Waals surface area contributed by atoms with Gasteiger partial charge in [0.15, 0.2) is 5.82 Å². The first-order valence-electron chi connectivity index (χ1n) is 10.5. The summed E-state index contributed by atoms with van der Waals surface area (Å²) in [7, 11) is 1.29. The topological polar surface area (TPSA) is 121 Å². The first-order chi connectivity index (χ1) is 16.4. The molecular weight excluding hydrogens is 444 g/mol. The summed E-state index contributed by atoms with van der Waals surface area (Å²) in [4.78, 5) is 29.7. The monoisotopic (exact) mass is 467 g/mol. The smallest absolute Gasteiger partial charge is 0.324 e. The van der Waals surface area contributed by atoms with Crippen LogP contribution in [0.15, 0.2) is 42.9 Å². The quantitative estimate of drug-likeness (QED) is 0.418. The first-order valence-corrected chi connectivity index (χ1v) is 10.5. The van der Waals surface area contributed by atoms with Crippen LogP contribution in [0.4, 0.5) is 14.6 Å². The van der Waals surface area contributed by atoms with Crippen LogP contribution < -0.4 is 10.6 Å². The molecule has 3 heterocycles. The Kier molecular flexibility index (Phi) is 6.73. The maximum absolute atomic E-state index is 14.3. The van der Waals surface area contributed by atoms with E-state index < -0.39 is 23.6 Å². The molecule has 1 atom stereocenters. The number of piperazine rings is 1. The Hall–Kier alpha value is -3.99. The fraction of sp³-hybridized carbons (Fsp3) is 0.261. The SMILES string of the molecule is COC(=O)C1CN(c2nc3ccncc3nc2/C(C=N)=C/N)CCN1Cc1ccc(F)cc1F. The van der Waals surface area contributed by atoms with E-state index in [9.17, 15) is 13.6 Å².